The fourth-order valence-corrected chi connectivity index (χ4v) is 2.41. The van der Waals surface area contributed by atoms with Gasteiger partial charge in [0.2, 0.25) is 0 Å². The molecule has 0 aliphatic carbocycles. The highest BCUT2D eigenvalue weighted by Gasteiger charge is 2.51. The number of alkyl halides is 2. The number of carbonyl (C=O) groups is 2. The summed E-state index contributed by atoms with van der Waals surface area (Å²) in [5.74, 6) is -2.26. The third kappa shape index (κ3) is 5.07. The lowest BCUT2D eigenvalue weighted by Crippen LogP contribution is -2.42. The first-order chi connectivity index (χ1) is 10.5. The molecule has 1 unspecified atom stereocenters. The van der Waals surface area contributed by atoms with Crippen LogP contribution in [-0.2, 0) is 24.4 Å². The summed E-state index contributed by atoms with van der Waals surface area (Å²) in [6, 6.07) is 6.28. The highest BCUT2D eigenvalue weighted by molar-refractivity contribution is 14.1. The highest BCUT2D eigenvalue weighted by Crippen LogP contribution is 2.27. The third-order valence-electron chi connectivity index (χ3n) is 2.54. The number of ether oxygens (including phenoxy) is 2. The fourth-order valence-electron chi connectivity index (χ4n) is 1.34. The molecule has 0 saturated carbocycles. The van der Waals surface area contributed by atoms with E-state index in [1.807, 2.05) is 22.6 Å². The third-order valence-corrected chi connectivity index (χ3v) is 4.50. The van der Waals surface area contributed by atoms with Gasteiger partial charge < -0.3 is 9.47 Å². The minimum absolute atomic E-state index is 0.164. The van der Waals surface area contributed by atoms with Crippen molar-refractivity contribution in [3.63, 3.8) is 0 Å². The van der Waals surface area contributed by atoms with Gasteiger partial charge in [0.05, 0.1) is 5.56 Å². The molecule has 1 atom stereocenters. The molecule has 0 bridgehead atoms. The van der Waals surface area contributed by atoms with Gasteiger partial charge in [0.25, 0.3) is 0 Å². The van der Waals surface area contributed by atoms with E-state index in [1.165, 1.54) is 6.07 Å². The van der Waals surface area contributed by atoms with Crippen LogP contribution in [0.5, 0.6) is 0 Å². The van der Waals surface area contributed by atoms with E-state index in [2.05, 4.69) is 9.47 Å². The Hall–Kier alpha value is -1.34. The van der Waals surface area contributed by atoms with E-state index in [1.54, 1.807) is 18.2 Å². The number of benzene rings is 1. The largest absolute Gasteiger partial charge is 0.452 e. The molecule has 0 saturated heterocycles. The second kappa shape index (κ2) is 7.49. The molecular formula is C12H11F2IO7S. The summed E-state index contributed by atoms with van der Waals surface area (Å²) >= 11 is 1.86. The van der Waals surface area contributed by atoms with Gasteiger partial charge >= 0.3 is 27.3 Å². The lowest BCUT2D eigenvalue weighted by molar-refractivity contribution is -0.162. The Labute approximate surface area is 143 Å². The van der Waals surface area contributed by atoms with Crippen molar-refractivity contribution in [2.45, 2.75) is 18.3 Å². The van der Waals surface area contributed by atoms with Crippen molar-refractivity contribution < 1.29 is 40.8 Å². The Morgan fingerprint density at radius 2 is 1.91 bits per heavy atom. The molecule has 0 fully saturated rings. The number of halogens is 3. The molecule has 0 aliphatic rings. The standard InChI is InChI=1S/C12H11F2IO7S/c1-7(12(13,14)23(18,19)20)22-10(16)6-21-11(17)8-4-2-3-5-9(8)15/h2-5,7H,6H2,1H3,(H,18,19,20). The van der Waals surface area contributed by atoms with Gasteiger partial charge in [-0.3, -0.25) is 4.55 Å². The van der Waals surface area contributed by atoms with Gasteiger partial charge in [0, 0.05) is 3.57 Å². The van der Waals surface area contributed by atoms with Crippen molar-refractivity contribution in [1.29, 1.82) is 0 Å². The smallest absolute Gasteiger partial charge is 0.405 e. The first kappa shape index (κ1) is 19.7. The van der Waals surface area contributed by atoms with Gasteiger partial charge in [0.15, 0.2) is 12.7 Å². The number of hydrogen-bond donors (Lipinski definition) is 1. The summed E-state index contributed by atoms with van der Waals surface area (Å²) in [4.78, 5) is 23.0. The van der Waals surface area contributed by atoms with E-state index in [0.717, 1.165) is 0 Å². The van der Waals surface area contributed by atoms with E-state index in [0.29, 0.717) is 10.5 Å². The summed E-state index contributed by atoms with van der Waals surface area (Å²) in [6.45, 7) is -0.413. The van der Waals surface area contributed by atoms with E-state index in [4.69, 9.17) is 4.55 Å². The Morgan fingerprint density at radius 1 is 1.35 bits per heavy atom. The Bertz CT molecular complexity index is 705. The van der Waals surface area contributed by atoms with Crippen LogP contribution in [0, 0.1) is 3.57 Å². The van der Waals surface area contributed by atoms with E-state index in [9.17, 15) is 26.8 Å². The van der Waals surface area contributed by atoms with Gasteiger partial charge in [-0.1, -0.05) is 12.1 Å². The zero-order chi connectivity index (χ0) is 17.8. The molecule has 0 heterocycles. The van der Waals surface area contributed by atoms with Crippen LogP contribution in [0.2, 0.25) is 0 Å². The van der Waals surface area contributed by atoms with Crippen molar-refractivity contribution in [1.82, 2.24) is 0 Å². The lowest BCUT2D eigenvalue weighted by atomic mass is 10.2. The summed E-state index contributed by atoms with van der Waals surface area (Å²) in [6.07, 6.45) is -2.46. The van der Waals surface area contributed by atoms with Crippen molar-refractivity contribution in [2.24, 2.45) is 0 Å². The summed E-state index contributed by atoms with van der Waals surface area (Å²) < 4.78 is 65.0. The molecule has 0 aromatic heterocycles. The molecule has 1 N–H and O–H groups in total. The second-order valence-corrected chi connectivity index (χ2v) is 6.88. The predicted octanol–water partition coefficient (Wildman–Crippen LogP) is 1.86. The molecule has 0 spiro atoms. The van der Waals surface area contributed by atoms with Crippen molar-refractivity contribution >= 4 is 44.6 Å². The topological polar surface area (TPSA) is 107 Å². The summed E-state index contributed by atoms with van der Waals surface area (Å²) in [7, 11) is -5.75. The SMILES string of the molecule is CC(OC(=O)COC(=O)c1ccccc1I)C(F)(F)S(=O)(=O)O. The van der Waals surface area contributed by atoms with Crippen LogP contribution in [0.3, 0.4) is 0 Å². The monoisotopic (exact) mass is 464 g/mol. The van der Waals surface area contributed by atoms with Crippen LogP contribution in [0.1, 0.15) is 17.3 Å². The maximum Gasteiger partial charge on any atom is 0.405 e. The fraction of sp³-hybridized carbons (Fsp3) is 0.333. The Morgan fingerprint density at radius 3 is 2.43 bits per heavy atom. The zero-order valence-electron chi connectivity index (χ0n) is 11.5. The molecule has 1 rings (SSSR count). The van der Waals surface area contributed by atoms with Crippen LogP contribution >= 0.6 is 22.6 Å². The summed E-state index contributed by atoms with van der Waals surface area (Å²) in [5.41, 5.74) is 0.164. The second-order valence-electron chi connectivity index (χ2n) is 4.22. The number of esters is 2. The van der Waals surface area contributed by atoms with Gasteiger partial charge in [-0.25, -0.2) is 9.59 Å². The van der Waals surface area contributed by atoms with E-state index in [-0.39, 0.29) is 5.56 Å². The maximum absolute atomic E-state index is 13.2. The molecule has 1 aromatic rings. The highest BCUT2D eigenvalue weighted by atomic mass is 127. The van der Waals surface area contributed by atoms with Crippen molar-refractivity contribution in [3.05, 3.63) is 33.4 Å². The molecule has 0 radical (unpaired) electrons. The Balaban J connectivity index is 2.62. The minimum Gasteiger partial charge on any atom is -0.452 e. The minimum atomic E-state index is -5.75. The quantitative estimate of drug-likeness (QED) is 0.389. The predicted molar refractivity (Wildman–Crippen MR) is 81.5 cm³/mol. The molecule has 128 valence electrons. The van der Waals surface area contributed by atoms with E-state index >= 15 is 0 Å². The van der Waals surface area contributed by atoms with Gasteiger partial charge in [-0.2, -0.15) is 17.2 Å². The van der Waals surface area contributed by atoms with Crippen LogP contribution in [0.25, 0.3) is 0 Å². The van der Waals surface area contributed by atoms with Crippen LogP contribution in [-0.4, -0.2) is 42.9 Å². The number of carbonyl (C=O) groups excluding carboxylic acids is 2. The van der Waals surface area contributed by atoms with Crippen LogP contribution in [0.4, 0.5) is 8.78 Å². The first-order valence-electron chi connectivity index (χ1n) is 5.92. The molecule has 23 heavy (non-hydrogen) atoms. The van der Waals surface area contributed by atoms with Crippen molar-refractivity contribution in [2.75, 3.05) is 6.61 Å². The van der Waals surface area contributed by atoms with Gasteiger partial charge in [-0.15, -0.1) is 0 Å². The molecule has 0 aliphatic heterocycles. The molecule has 1 aromatic carbocycles. The number of hydrogen-bond acceptors (Lipinski definition) is 6. The molecule has 7 nitrogen and oxygen atoms in total. The van der Waals surface area contributed by atoms with Crippen LogP contribution in [0.15, 0.2) is 24.3 Å². The van der Waals surface area contributed by atoms with E-state index < -0.39 is 40.0 Å². The maximum atomic E-state index is 13.2. The average molecular weight is 464 g/mol. The zero-order valence-corrected chi connectivity index (χ0v) is 14.5. The van der Waals surface area contributed by atoms with Crippen LogP contribution < -0.4 is 0 Å². The average Bonchev–Trinajstić information content (AvgIpc) is 2.44. The Kier molecular flexibility index (Phi) is 6.41. The van der Waals surface area contributed by atoms with Crippen molar-refractivity contribution in [3.8, 4) is 0 Å². The molecule has 0 amide bonds. The molecular weight excluding hydrogens is 453 g/mol. The lowest BCUT2D eigenvalue weighted by Gasteiger charge is -2.20. The van der Waals surface area contributed by atoms with Gasteiger partial charge in [0.1, 0.15) is 0 Å². The molecule has 11 heteroatoms. The normalized spacial score (nSPS) is 13.3. The number of rotatable bonds is 6. The first-order valence-corrected chi connectivity index (χ1v) is 8.44. The summed E-state index contributed by atoms with van der Waals surface area (Å²) in [5, 5.41) is -4.68. The van der Waals surface area contributed by atoms with Gasteiger partial charge in [-0.05, 0) is 41.6 Å².